The molecule has 0 saturated carbocycles. The summed E-state index contributed by atoms with van der Waals surface area (Å²) in [6, 6.07) is 23.8. The predicted octanol–water partition coefficient (Wildman–Crippen LogP) is 4.31. The number of carbonyl (C=O) groups excluding carboxylic acids is 1. The maximum atomic E-state index is 12.5. The number of ether oxygens (including phenoxy) is 1. The Balaban J connectivity index is 1.70. The van der Waals surface area contributed by atoms with Crippen LogP contribution in [0.15, 0.2) is 72.8 Å². The Morgan fingerprint density at radius 3 is 2.46 bits per heavy atom. The van der Waals surface area contributed by atoms with Crippen molar-refractivity contribution >= 4 is 16.7 Å². The van der Waals surface area contributed by atoms with Crippen LogP contribution in [0.5, 0.6) is 5.75 Å². The zero-order chi connectivity index (χ0) is 16.8. The van der Waals surface area contributed by atoms with Crippen LogP contribution in [0.2, 0.25) is 0 Å². The summed E-state index contributed by atoms with van der Waals surface area (Å²) in [5.41, 5.74) is 1.07. The lowest BCUT2D eigenvalue weighted by atomic mass is 10.1. The van der Waals surface area contributed by atoms with Gasteiger partial charge in [0.2, 0.25) is 0 Å². The molecule has 1 atom stereocenters. The maximum Gasteiger partial charge on any atom is 0.261 e. The highest BCUT2D eigenvalue weighted by Gasteiger charge is 2.18. The van der Waals surface area contributed by atoms with Crippen LogP contribution in [0, 0.1) is 0 Å². The minimum Gasteiger partial charge on any atom is -0.480 e. The third-order valence-electron chi connectivity index (χ3n) is 3.99. The van der Waals surface area contributed by atoms with E-state index < -0.39 is 6.10 Å². The Morgan fingerprint density at radius 2 is 1.67 bits per heavy atom. The fourth-order valence-corrected chi connectivity index (χ4v) is 2.67. The molecule has 0 aliphatic rings. The first-order chi connectivity index (χ1) is 11.8. The molecular weight excluding hydrogens is 298 g/mol. The van der Waals surface area contributed by atoms with Crippen LogP contribution in [0.4, 0.5) is 0 Å². The van der Waals surface area contributed by atoms with E-state index in [9.17, 15) is 4.79 Å². The lowest BCUT2D eigenvalue weighted by Gasteiger charge is -2.18. The van der Waals surface area contributed by atoms with E-state index in [1.165, 1.54) is 0 Å². The van der Waals surface area contributed by atoms with Gasteiger partial charge in [-0.1, -0.05) is 73.7 Å². The van der Waals surface area contributed by atoms with Gasteiger partial charge in [-0.2, -0.15) is 0 Å². The summed E-state index contributed by atoms with van der Waals surface area (Å²) < 4.78 is 6.02. The third-order valence-corrected chi connectivity index (χ3v) is 3.99. The van der Waals surface area contributed by atoms with Gasteiger partial charge in [-0.3, -0.25) is 4.79 Å². The van der Waals surface area contributed by atoms with Gasteiger partial charge in [-0.15, -0.1) is 0 Å². The molecule has 0 aromatic heterocycles. The van der Waals surface area contributed by atoms with Gasteiger partial charge in [0.1, 0.15) is 5.75 Å². The molecule has 122 valence electrons. The molecule has 3 nitrogen and oxygen atoms in total. The normalized spacial score (nSPS) is 11.9. The van der Waals surface area contributed by atoms with E-state index in [4.69, 9.17) is 4.74 Å². The van der Waals surface area contributed by atoms with Crippen LogP contribution in [0.25, 0.3) is 10.8 Å². The fourth-order valence-electron chi connectivity index (χ4n) is 2.67. The van der Waals surface area contributed by atoms with Crippen LogP contribution < -0.4 is 10.1 Å². The van der Waals surface area contributed by atoms with E-state index in [0.29, 0.717) is 13.0 Å². The number of rotatable bonds is 6. The lowest BCUT2D eigenvalue weighted by Crippen LogP contribution is -2.37. The van der Waals surface area contributed by atoms with Gasteiger partial charge in [-0.25, -0.2) is 0 Å². The molecule has 0 saturated heterocycles. The molecule has 3 rings (SSSR count). The molecule has 0 radical (unpaired) electrons. The van der Waals surface area contributed by atoms with Crippen molar-refractivity contribution in [2.45, 2.75) is 26.0 Å². The first-order valence-electron chi connectivity index (χ1n) is 8.24. The summed E-state index contributed by atoms with van der Waals surface area (Å²) in [5.74, 6) is 0.657. The zero-order valence-corrected chi connectivity index (χ0v) is 13.7. The Labute approximate surface area is 142 Å². The SMILES string of the molecule is CC[C@H](Oc1cccc2ccccc12)C(=O)NCc1ccccc1. The van der Waals surface area contributed by atoms with Gasteiger partial charge in [0.25, 0.3) is 5.91 Å². The number of hydrogen-bond donors (Lipinski definition) is 1. The van der Waals surface area contributed by atoms with Gasteiger partial charge < -0.3 is 10.1 Å². The van der Waals surface area contributed by atoms with Gasteiger partial charge >= 0.3 is 0 Å². The Kier molecular flexibility index (Phi) is 5.12. The summed E-state index contributed by atoms with van der Waals surface area (Å²) >= 11 is 0. The second-order valence-electron chi connectivity index (χ2n) is 5.70. The van der Waals surface area contributed by atoms with Crippen LogP contribution in [-0.4, -0.2) is 12.0 Å². The molecule has 0 aliphatic carbocycles. The Bertz CT molecular complexity index is 809. The molecule has 24 heavy (non-hydrogen) atoms. The average molecular weight is 319 g/mol. The fraction of sp³-hybridized carbons (Fsp3) is 0.190. The highest BCUT2D eigenvalue weighted by Crippen LogP contribution is 2.26. The zero-order valence-electron chi connectivity index (χ0n) is 13.7. The van der Waals surface area contributed by atoms with E-state index in [0.717, 1.165) is 22.1 Å². The standard InChI is InChI=1S/C21H21NO2/c1-2-19(21(23)22-15-16-9-4-3-5-10-16)24-20-14-8-12-17-11-6-7-13-18(17)20/h3-14,19H,2,15H2,1H3,(H,22,23)/t19-/m0/s1. The van der Waals surface area contributed by atoms with E-state index in [1.807, 2.05) is 79.7 Å². The van der Waals surface area contributed by atoms with E-state index >= 15 is 0 Å². The van der Waals surface area contributed by atoms with Crippen molar-refractivity contribution in [3.05, 3.63) is 78.4 Å². The molecule has 0 aliphatic heterocycles. The van der Waals surface area contributed by atoms with Crippen LogP contribution in [-0.2, 0) is 11.3 Å². The number of hydrogen-bond acceptors (Lipinski definition) is 2. The highest BCUT2D eigenvalue weighted by molar-refractivity contribution is 5.89. The first-order valence-corrected chi connectivity index (χ1v) is 8.24. The molecule has 1 N–H and O–H groups in total. The van der Waals surface area contributed by atoms with Gasteiger partial charge in [0.15, 0.2) is 6.10 Å². The Morgan fingerprint density at radius 1 is 0.958 bits per heavy atom. The first kappa shape index (κ1) is 16.1. The molecule has 0 heterocycles. The Hall–Kier alpha value is -2.81. The molecule has 3 aromatic rings. The number of benzene rings is 3. The molecule has 3 aromatic carbocycles. The second kappa shape index (κ2) is 7.64. The highest BCUT2D eigenvalue weighted by atomic mass is 16.5. The molecule has 3 heteroatoms. The second-order valence-corrected chi connectivity index (χ2v) is 5.70. The topological polar surface area (TPSA) is 38.3 Å². The quantitative estimate of drug-likeness (QED) is 0.735. The summed E-state index contributed by atoms with van der Waals surface area (Å²) in [7, 11) is 0. The molecule has 0 fully saturated rings. The van der Waals surface area contributed by atoms with Gasteiger partial charge in [0.05, 0.1) is 0 Å². The predicted molar refractivity (Wildman–Crippen MR) is 96.9 cm³/mol. The monoisotopic (exact) mass is 319 g/mol. The van der Waals surface area contributed by atoms with Crippen molar-refractivity contribution in [3.63, 3.8) is 0 Å². The van der Waals surface area contributed by atoms with E-state index in [2.05, 4.69) is 5.32 Å². The lowest BCUT2D eigenvalue weighted by molar-refractivity contribution is -0.128. The molecule has 0 unspecified atom stereocenters. The number of carbonyl (C=O) groups is 1. The van der Waals surface area contributed by atoms with Crippen molar-refractivity contribution in [3.8, 4) is 5.75 Å². The van der Waals surface area contributed by atoms with Crippen LogP contribution in [0.3, 0.4) is 0 Å². The average Bonchev–Trinajstić information content (AvgIpc) is 2.65. The van der Waals surface area contributed by atoms with Crippen molar-refractivity contribution in [2.75, 3.05) is 0 Å². The minimum atomic E-state index is -0.500. The van der Waals surface area contributed by atoms with Crippen molar-refractivity contribution < 1.29 is 9.53 Å². The molecular formula is C21H21NO2. The largest absolute Gasteiger partial charge is 0.480 e. The molecule has 0 spiro atoms. The third kappa shape index (κ3) is 3.74. The summed E-state index contributed by atoms with van der Waals surface area (Å²) in [6.45, 7) is 2.47. The van der Waals surface area contributed by atoms with Crippen LogP contribution >= 0.6 is 0 Å². The van der Waals surface area contributed by atoms with Gasteiger partial charge in [-0.05, 0) is 23.4 Å². The van der Waals surface area contributed by atoms with Crippen molar-refractivity contribution in [2.24, 2.45) is 0 Å². The number of fused-ring (bicyclic) bond motifs is 1. The van der Waals surface area contributed by atoms with Crippen LogP contribution in [0.1, 0.15) is 18.9 Å². The summed E-state index contributed by atoms with van der Waals surface area (Å²) in [4.78, 5) is 12.5. The van der Waals surface area contributed by atoms with Gasteiger partial charge in [0, 0.05) is 11.9 Å². The number of nitrogens with one attached hydrogen (secondary N) is 1. The number of amides is 1. The van der Waals surface area contributed by atoms with Crippen molar-refractivity contribution in [1.29, 1.82) is 0 Å². The molecule has 0 bridgehead atoms. The maximum absolute atomic E-state index is 12.5. The minimum absolute atomic E-state index is 0.0886. The smallest absolute Gasteiger partial charge is 0.261 e. The van der Waals surface area contributed by atoms with Crippen molar-refractivity contribution in [1.82, 2.24) is 5.32 Å². The van der Waals surface area contributed by atoms with E-state index in [1.54, 1.807) is 0 Å². The summed E-state index contributed by atoms with van der Waals surface area (Å²) in [6.07, 6.45) is 0.114. The van der Waals surface area contributed by atoms with E-state index in [-0.39, 0.29) is 5.91 Å². The molecule has 1 amide bonds. The summed E-state index contributed by atoms with van der Waals surface area (Å²) in [5, 5.41) is 5.08.